The Morgan fingerprint density at radius 2 is 1.66 bits per heavy atom. The fourth-order valence-electron chi connectivity index (χ4n) is 7.05. The monoisotopic (exact) mass is 560 g/mol. The number of rotatable bonds is 6. The fourth-order valence-corrected chi connectivity index (χ4v) is 7.05. The standard InChI is InChI=1S/C27H36F8O3/c1-14(11-21(28)23(29)25(38,26(30,31)32)27(33,34)35)19-8-9-20-16(5-4-10-24(19,20)3)6-7-17-12-18(36)13-22(37)15(17)2/h6-7,14,18-23,36-38H,2,4-5,8-13H2,1,3H3/b16-6?,17-7-/t14-,18-,19-,20?,21?,22-,23?,24-/m1/s1. The van der Waals surface area contributed by atoms with E-state index in [1.54, 1.807) is 0 Å². The second-order valence-corrected chi connectivity index (χ2v) is 11.6. The molecule has 3 saturated carbocycles. The van der Waals surface area contributed by atoms with Crippen LogP contribution in [0.3, 0.4) is 0 Å². The molecule has 218 valence electrons. The third kappa shape index (κ3) is 5.57. The predicted molar refractivity (Wildman–Crippen MR) is 125 cm³/mol. The lowest BCUT2D eigenvalue weighted by Crippen LogP contribution is -2.65. The van der Waals surface area contributed by atoms with Crippen LogP contribution in [-0.4, -0.2) is 57.8 Å². The van der Waals surface area contributed by atoms with Crippen LogP contribution in [0.4, 0.5) is 35.1 Å². The number of aliphatic hydroxyl groups is 3. The molecule has 0 saturated heterocycles. The van der Waals surface area contributed by atoms with Crippen molar-refractivity contribution in [3.05, 3.63) is 35.5 Å². The van der Waals surface area contributed by atoms with Gasteiger partial charge in [-0.05, 0) is 79.3 Å². The lowest BCUT2D eigenvalue weighted by Gasteiger charge is -2.45. The zero-order valence-corrected chi connectivity index (χ0v) is 21.4. The Bertz CT molecular complexity index is 926. The number of allylic oxidation sites excluding steroid dienone is 3. The van der Waals surface area contributed by atoms with E-state index in [0.717, 1.165) is 30.4 Å². The van der Waals surface area contributed by atoms with Gasteiger partial charge in [-0.15, -0.1) is 0 Å². The minimum atomic E-state index is -6.43. The summed E-state index contributed by atoms with van der Waals surface area (Å²) in [6.07, 6.45) is -14.8. The van der Waals surface area contributed by atoms with Crippen molar-refractivity contribution in [3.8, 4) is 0 Å². The van der Waals surface area contributed by atoms with E-state index in [0.29, 0.717) is 24.8 Å². The summed E-state index contributed by atoms with van der Waals surface area (Å²) < 4.78 is 107. The van der Waals surface area contributed by atoms with Gasteiger partial charge in [0.05, 0.1) is 12.2 Å². The van der Waals surface area contributed by atoms with Crippen LogP contribution in [0, 0.1) is 23.2 Å². The molecule has 0 spiro atoms. The number of hydrogen-bond acceptors (Lipinski definition) is 3. The number of halogens is 8. The molecule has 0 aromatic rings. The van der Waals surface area contributed by atoms with Crippen molar-refractivity contribution in [2.75, 3.05) is 0 Å². The first kappa shape index (κ1) is 31.1. The van der Waals surface area contributed by atoms with Gasteiger partial charge in [0.2, 0.25) is 0 Å². The first-order chi connectivity index (χ1) is 17.3. The second-order valence-electron chi connectivity index (χ2n) is 11.6. The average molecular weight is 561 g/mol. The van der Waals surface area contributed by atoms with E-state index in [2.05, 4.69) is 6.58 Å². The summed E-state index contributed by atoms with van der Waals surface area (Å²) >= 11 is 0. The molecule has 8 atom stereocenters. The third-order valence-electron chi connectivity index (χ3n) is 9.17. The molecule has 0 heterocycles. The first-order valence-corrected chi connectivity index (χ1v) is 12.9. The van der Waals surface area contributed by atoms with E-state index in [9.17, 15) is 50.4 Å². The molecule has 0 radical (unpaired) electrons. The van der Waals surface area contributed by atoms with Gasteiger partial charge in [-0.2, -0.15) is 26.3 Å². The van der Waals surface area contributed by atoms with Crippen LogP contribution in [-0.2, 0) is 0 Å². The molecule has 11 heteroatoms. The number of hydrogen-bond donors (Lipinski definition) is 3. The fraction of sp³-hybridized carbons (Fsp3) is 0.778. The van der Waals surface area contributed by atoms with Crippen LogP contribution in [0.2, 0.25) is 0 Å². The molecular weight excluding hydrogens is 524 g/mol. The molecule has 0 aliphatic heterocycles. The molecule has 3 aliphatic rings. The van der Waals surface area contributed by atoms with E-state index < -0.39 is 60.3 Å². The summed E-state index contributed by atoms with van der Waals surface area (Å²) in [5.74, 6) is -0.966. The molecule has 3 N–H and O–H groups in total. The maximum Gasteiger partial charge on any atom is 0.429 e. The minimum absolute atomic E-state index is 0.0359. The topological polar surface area (TPSA) is 60.7 Å². The van der Waals surface area contributed by atoms with Gasteiger partial charge in [0, 0.05) is 6.42 Å². The third-order valence-corrected chi connectivity index (χ3v) is 9.17. The predicted octanol–water partition coefficient (Wildman–Crippen LogP) is 6.69. The minimum Gasteiger partial charge on any atom is -0.393 e. The van der Waals surface area contributed by atoms with Gasteiger partial charge in [-0.1, -0.05) is 38.2 Å². The van der Waals surface area contributed by atoms with Gasteiger partial charge in [0.15, 0.2) is 6.17 Å². The smallest absolute Gasteiger partial charge is 0.393 e. The maximum absolute atomic E-state index is 14.7. The van der Waals surface area contributed by atoms with E-state index in [1.165, 1.54) is 6.92 Å². The molecule has 3 fully saturated rings. The van der Waals surface area contributed by atoms with Crippen LogP contribution in [0.5, 0.6) is 0 Å². The van der Waals surface area contributed by atoms with Crippen molar-refractivity contribution in [3.63, 3.8) is 0 Å². The Morgan fingerprint density at radius 1 is 1.05 bits per heavy atom. The van der Waals surface area contributed by atoms with Crippen molar-refractivity contribution in [2.45, 2.75) is 108 Å². The van der Waals surface area contributed by atoms with Crippen LogP contribution in [0.1, 0.15) is 65.2 Å². The summed E-state index contributed by atoms with van der Waals surface area (Å²) in [6.45, 7) is 7.38. The Kier molecular flexibility index (Phi) is 8.86. The van der Waals surface area contributed by atoms with Crippen molar-refractivity contribution in [2.24, 2.45) is 23.2 Å². The van der Waals surface area contributed by atoms with Gasteiger partial charge >= 0.3 is 12.4 Å². The Hall–Kier alpha value is -1.46. The number of fused-ring (bicyclic) bond motifs is 1. The molecular formula is C27H36F8O3. The molecule has 3 rings (SSSR count). The van der Waals surface area contributed by atoms with E-state index in [4.69, 9.17) is 0 Å². The zero-order valence-electron chi connectivity index (χ0n) is 21.4. The van der Waals surface area contributed by atoms with Gasteiger partial charge in [-0.25, -0.2) is 8.78 Å². The van der Waals surface area contributed by atoms with Gasteiger partial charge in [0.25, 0.3) is 5.60 Å². The average Bonchev–Trinajstić information content (AvgIpc) is 3.15. The number of alkyl halides is 8. The number of aliphatic hydroxyl groups excluding tert-OH is 2. The SMILES string of the molecule is C=C1/C(=C\C=C2CCC[C@@]3(C)C2CC[C@@H]3[C@H](C)CC(F)C(F)C(O)(C(F)(F)F)C(F)(F)F)C[C@@H](O)C[C@H]1O. The normalized spacial score (nSPS) is 35.9. The summed E-state index contributed by atoms with van der Waals surface area (Å²) in [5.41, 5.74) is -3.85. The van der Waals surface area contributed by atoms with Crippen molar-refractivity contribution in [1.82, 2.24) is 0 Å². The molecule has 0 aromatic carbocycles. The van der Waals surface area contributed by atoms with Crippen LogP contribution >= 0.6 is 0 Å². The van der Waals surface area contributed by atoms with E-state index >= 15 is 0 Å². The van der Waals surface area contributed by atoms with Gasteiger partial charge < -0.3 is 15.3 Å². The highest BCUT2D eigenvalue weighted by molar-refractivity contribution is 5.38. The summed E-state index contributed by atoms with van der Waals surface area (Å²) in [7, 11) is 0. The first-order valence-electron chi connectivity index (χ1n) is 12.9. The summed E-state index contributed by atoms with van der Waals surface area (Å²) in [5, 5.41) is 29.3. The lowest BCUT2D eigenvalue weighted by molar-refractivity contribution is -0.388. The summed E-state index contributed by atoms with van der Waals surface area (Å²) in [4.78, 5) is 0. The maximum atomic E-state index is 14.7. The Labute approximate surface area is 217 Å². The highest BCUT2D eigenvalue weighted by atomic mass is 19.4. The molecule has 3 unspecified atom stereocenters. The molecule has 0 bridgehead atoms. The Balaban J connectivity index is 1.77. The molecule has 38 heavy (non-hydrogen) atoms. The van der Waals surface area contributed by atoms with Crippen LogP contribution in [0.15, 0.2) is 35.5 Å². The van der Waals surface area contributed by atoms with Gasteiger partial charge in [0.1, 0.15) is 6.17 Å². The van der Waals surface area contributed by atoms with Crippen LogP contribution < -0.4 is 0 Å². The van der Waals surface area contributed by atoms with Gasteiger partial charge in [-0.3, -0.25) is 0 Å². The Morgan fingerprint density at radius 3 is 2.24 bits per heavy atom. The molecule has 0 amide bonds. The quantitative estimate of drug-likeness (QED) is 0.318. The van der Waals surface area contributed by atoms with Crippen molar-refractivity contribution in [1.29, 1.82) is 0 Å². The van der Waals surface area contributed by atoms with Crippen LogP contribution in [0.25, 0.3) is 0 Å². The zero-order chi connectivity index (χ0) is 28.8. The largest absolute Gasteiger partial charge is 0.429 e. The van der Waals surface area contributed by atoms with E-state index in [-0.39, 0.29) is 18.3 Å². The second kappa shape index (κ2) is 10.8. The molecule has 3 aliphatic carbocycles. The van der Waals surface area contributed by atoms with Crippen molar-refractivity contribution >= 4 is 0 Å². The molecule has 3 nitrogen and oxygen atoms in total. The highest BCUT2D eigenvalue weighted by Gasteiger charge is 2.76. The van der Waals surface area contributed by atoms with E-state index in [1.807, 2.05) is 19.1 Å². The summed E-state index contributed by atoms with van der Waals surface area (Å²) in [6, 6.07) is 0. The molecule has 0 aromatic heterocycles. The van der Waals surface area contributed by atoms with Crippen molar-refractivity contribution < 1.29 is 50.4 Å². The lowest BCUT2D eigenvalue weighted by atomic mass is 9.60. The highest BCUT2D eigenvalue weighted by Crippen LogP contribution is 2.60.